The average molecular weight is 330 g/mol. The molecule has 0 fully saturated rings. The van der Waals surface area contributed by atoms with Gasteiger partial charge in [0.1, 0.15) is 11.6 Å². The van der Waals surface area contributed by atoms with E-state index in [1.54, 1.807) is 30.2 Å². The Balaban J connectivity index is 1.78. The van der Waals surface area contributed by atoms with Crippen LogP contribution in [-0.4, -0.2) is 37.0 Å². The number of hydrogen-bond donors (Lipinski definition) is 1. The Morgan fingerprint density at radius 3 is 2.87 bits per heavy atom. The summed E-state index contributed by atoms with van der Waals surface area (Å²) in [7, 11) is 1.59. The molecule has 2 aromatic carbocycles. The fourth-order valence-corrected chi connectivity index (χ4v) is 2.60. The summed E-state index contributed by atoms with van der Waals surface area (Å²) in [5.41, 5.74) is 1.50. The predicted octanol–water partition coefficient (Wildman–Crippen LogP) is 3.64. The smallest absolute Gasteiger partial charge is 0.327 e. The van der Waals surface area contributed by atoms with E-state index < -0.39 is 0 Å². The van der Waals surface area contributed by atoms with E-state index in [9.17, 15) is 4.79 Å². The van der Waals surface area contributed by atoms with E-state index in [1.807, 2.05) is 30.3 Å². The molecule has 1 N–H and O–H groups in total. The van der Waals surface area contributed by atoms with Crippen LogP contribution in [0.25, 0.3) is 0 Å². The Hall–Kier alpha value is -2.53. The van der Waals surface area contributed by atoms with Gasteiger partial charge in [0.05, 0.1) is 13.7 Å². The number of carbonyl (C=O) groups is 1. The van der Waals surface area contributed by atoms with Gasteiger partial charge in [-0.25, -0.2) is 4.79 Å². The first-order valence-corrected chi connectivity index (χ1v) is 7.58. The van der Waals surface area contributed by atoms with Crippen molar-refractivity contribution in [1.82, 2.24) is 4.90 Å². The largest absolute Gasteiger partial charge is 0.497 e. The topological polar surface area (TPSA) is 53.9 Å². The Morgan fingerprint density at radius 2 is 2.09 bits per heavy atom. The van der Waals surface area contributed by atoms with E-state index in [0.29, 0.717) is 35.4 Å². The van der Waals surface area contributed by atoms with Gasteiger partial charge in [0.2, 0.25) is 0 Å². The lowest BCUT2D eigenvalue weighted by atomic mass is 10.2. The lowest BCUT2D eigenvalue weighted by Crippen LogP contribution is -2.38. The van der Waals surface area contributed by atoms with E-state index >= 15 is 0 Å². The standard InChI is InChI=1S/C17H16ClN3O2/c1-23-15-7-3-6-14(11-15)20-17(22)21-9-8-19-16(21)12-4-2-5-13(18)10-12/h2-7,10-11H,8-9H2,1H3,(H,20,22). The minimum atomic E-state index is -0.227. The van der Waals surface area contributed by atoms with Gasteiger partial charge in [0.25, 0.3) is 0 Å². The summed E-state index contributed by atoms with van der Waals surface area (Å²) in [4.78, 5) is 18.6. The molecular weight excluding hydrogens is 314 g/mol. The maximum Gasteiger partial charge on any atom is 0.327 e. The molecule has 118 valence electrons. The Morgan fingerprint density at radius 1 is 1.26 bits per heavy atom. The SMILES string of the molecule is COc1cccc(NC(=O)N2CCN=C2c2cccc(Cl)c2)c1. The molecule has 0 radical (unpaired) electrons. The molecule has 1 aliphatic heterocycles. The monoisotopic (exact) mass is 329 g/mol. The lowest BCUT2D eigenvalue weighted by molar-refractivity contribution is 0.236. The van der Waals surface area contributed by atoms with Gasteiger partial charge in [0, 0.05) is 28.9 Å². The fourth-order valence-electron chi connectivity index (χ4n) is 2.41. The zero-order chi connectivity index (χ0) is 16.2. The number of anilines is 1. The molecule has 6 heteroatoms. The summed E-state index contributed by atoms with van der Waals surface area (Å²) in [6.07, 6.45) is 0. The average Bonchev–Trinajstić information content (AvgIpc) is 3.05. The summed E-state index contributed by atoms with van der Waals surface area (Å²) in [5, 5.41) is 3.48. The lowest BCUT2D eigenvalue weighted by Gasteiger charge is -2.19. The molecule has 0 aromatic heterocycles. The van der Waals surface area contributed by atoms with Crippen molar-refractivity contribution in [3.8, 4) is 5.75 Å². The molecule has 0 atom stereocenters. The zero-order valence-electron chi connectivity index (χ0n) is 12.6. The van der Waals surface area contributed by atoms with Gasteiger partial charge in [-0.1, -0.05) is 29.8 Å². The fraction of sp³-hybridized carbons (Fsp3) is 0.176. The molecule has 1 heterocycles. The normalized spacial score (nSPS) is 13.7. The highest BCUT2D eigenvalue weighted by Crippen LogP contribution is 2.20. The highest BCUT2D eigenvalue weighted by Gasteiger charge is 2.25. The third-order valence-corrected chi connectivity index (χ3v) is 3.72. The molecule has 3 rings (SSSR count). The van der Waals surface area contributed by atoms with Gasteiger partial charge >= 0.3 is 6.03 Å². The molecule has 0 bridgehead atoms. The van der Waals surface area contributed by atoms with E-state index in [4.69, 9.17) is 16.3 Å². The van der Waals surface area contributed by atoms with Crippen LogP contribution in [0.2, 0.25) is 5.02 Å². The summed E-state index contributed by atoms with van der Waals surface area (Å²) in [6, 6.07) is 14.3. The molecular formula is C17H16ClN3O2. The zero-order valence-corrected chi connectivity index (χ0v) is 13.4. The first kappa shape index (κ1) is 15.4. The van der Waals surface area contributed by atoms with Crippen LogP contribution >= 0.6 is 11.6 Å². The molecule has 0 aliphatic carbocycles. The Bertz CT molecular complexity index is 761. The Labute approximate surface area is 139 Å². The van der Waals surface area contributed by atoms with Crippen molar-refractivity contribution in [3.63, 3.8) is 0 Å². The first-order valence-electron chi connectivity index (χ1n) is 7.20. The van der Waals surface area contributed by atoms with Gasteiger partial charge < -0.3 is 10.1 Å². The maximum atomic E-state index is 12.5. The van der Waals surface area contributed by atoms with Gasteiger partial charge in [-0.2, -0.15) is 0 Å². The third-order valence-electron chi connectivity index (χ3n) is 3.49. The number of halogens is 1. The molecule has 0 saturated heterocycles. The van der Waals surface area contributed by atoms with Crippen LogP contribution in [0.5, 0.6) is 5.75 Å². The van der Waals surface area contributed by atoms with Crippen molar-refractivity contribution >= 4 is 29.2 Å². The van der Waals surface area contributed by atoms with Crippen LogP contribution < -0.4 is 10.1 Å². The van der Waals surface area contributed by atoms with E-state index in [1.165, 1.54) is 0 Å². The predicted molar refractivity (Wildman–Crippen MR) is 91.6 cm³/mol. The highest BCUT2D eigenvalue weighted by atomic mass is 35.5. The minimum Gasteiger partial charge on any atom is -0.497 e. The summed E-state index contributed by atoms with van der Waals surface area (Å²) >= 11 is 6.03. The number of amides is 2. The number of rotatable bonds is 3. The van der Waals surface area contributed by atoms with Gasteiger partial charge in [-0.05, 0) is 24.3 Å². The van der Waals surface area contributed by atoms with E-state index in [-0.39, 0.29) is 6.03 Å². The third kappa shape index (κ3) is 3.46. The van der Waals surface area contributed by atoms with Crippen LogP contribution in [0.4, 0.5) is 10.5 Å². The van der Waals surface area contributed by atoms with Crippen LogP contribution in [-0.2, 0) is 0 Å². The van der Waals surface area contributed by atoms with Crippen molar-refractivity contribution < 1.29 is 9.53 Å². The quantitative estimate of drug-likeness (QED) is 0.934. The number of benzene rings is 2. The summed E-state index contributed by atoms with van der Waals surface area (Å²) in [6.45, 7) is 1.12. The highest BCUT2D eigenvalue weighted by molar-refractivity contribution is 6.31. The van der Waals surface area contributed by atoms with E-state index in [2.05, 4.69) is 10.3 Å². The molecule has 2 amide bonds. The number of nitrogens with zero attached hydrogens (tertiary/aromatic N) is 2. The number of nitrogens with one attached hydrogen (secondary N) is 1. The van der Waals surface area contributed by atoms with Crippen LogP contribution in [0.1, 0.15) is 5.56 Å². The second-order valence-corrected chi connectivity index (χ2v) is 5.47. The van der Waals surface area contributed by atoms with Crippen molar-refractivity contribution in [2.24, 2.45) is 4.99 Å². The van der Waals surface area contributed by atoms with Gasteiger partial charge in [-0.3, -0.25) is 9.89 Å². The minimum absolute atomic E-state index is 0.227. The second kappa shape index (κ2) is 6.71. The number of aliphatic imine (C=N–C) groups is 1. The molecule has 2 aromatic rings. The molecule has 1 aliphatic rings. The van der Waals surface area contributed by atoms with Crippen LogP contribution in [0, 0.1) is 0 Å². The second-order valence-electron chi connectivity index (χ2n) is 5.03. The number of ether oxygens (including phenoxy) is 1. The number of amidine groups is 1. The maximum absolute atomic E-state index is 12.5. The van der Waals surface area contributed by atoms with Crippen molar-refractivity contribution in [2.45, 2.75) is 0 Å². The van der Waals surface area contributed by atoms with Crippen molar-refractivity contribution in [2.75, 3.05) is 25.5 Å². The number of carbonyl (C=O) groups excluding carboxylic acids is 1. The molecule has 0 spiro atoms. The summed E-state index contributed by atoms with van der Waals surface area (Å²) in [5.74, 6) is 1.32. The number of urea groups is 1. The number of methoxy groups -OCH3 is 1. The van der Waals surface area contributed by atoms with Crippen molar-refractivity contribution in [3.05, 3.63) is 59.1 Å². The van der Waals surface area contributed by atoms with E-state index in [0.717, 1.165) is 5.56 Å². The molecule has 0 saturated carbocycles. The Kier molecular flexibility index (Phi) is 4.48. The van der Waals surface area contributed by atoms with Crippen LogP contribution in [0.3, 0.4) is 0 Å². The van der Waals surface area contributed by atoms with Gasteiger partial charge in [0.15, 0.2) is 0 Å². The number of hydrogen-bond acceptors (Lipinski definition) is 3. The summed E-state index contributed by atoms with van der Waals surface area (Å²) < 4.78 is 5.16. The first-order chi connectivity index (χ1) is 11.2. The van der Waals surface area contributed by atoms with Crippen molar-refractivity contribution in [1.29, 1.82) is 0 Å². The molecule has 23 heavy (non-hydrogen) atoms. The van der Waals surface area contributed by atoms with Gasteiger partial charge in [-0.15, -0.1) is 0 Å². The van der Waals surface area contributed by atoms with Crippen LogP contribution in [0.15, 0.2) is 53.5 Å². The molecule has 0 unspecified atom stereocenters. The molecule has 5 nitrogen and oxygen atoms in total.